The third-order valence-electron chi connectivity index (χ3n) is 4.55. The number of rotatable bonds is 3. The van der Waals surface area contributed by atoms with Gasteiger partial charge in [0.15, 0.2) is 5.90 Å². The topological polar surface area (TPSA) is 30.8 Å². The zero-order valence-corrected chi connectivity index (χ0v) is 13.2. The van der Waals surface area contributed by atoms with Crippen molar-refractivity contribution in [1.29, 1.82) is 0 Å². The van der Waals surface area contributed by atoms with E-state index in [4.69, 9.17) is 14.5 Å². The number of hydrogen-bond acceptors (Lipinski definition) is 3. The fraction of sp³-hybridized carbons (Fsp3) is 0.500. The molecule has 1 aromatic carbocycles. The third kappa shape index (κ3) is 2.35. The van der Waals surface area contributed by atoms with Crippen LogP contribution in [0.4, 0.5) is 0 Å². The van der Waals surface area contributed by atoms with Crippen LogP contribution >= 0.6 is 0 Å². The molecule has 2 atom stereocenters. The Bertz CT molecular complexity index is 603. The zero-order chi connectivity index (χ0) is 15.0. The van der Waals surface area contributed by atoms with Gasteiger partial charge in [0.1, 0.15) is 12.4 Å². The van der Waals surface area contributed by atoms with Crippen molar-refractivity contribution >= 4 is 5.90 Å². The molecule has 1 aliphatic heterocycles. The van der Waals surface area contributed by atoms with Crippen molar-refractivity contribution in [3.8, 4) is 5.75 Å². The molecule has 0 bridgehead atoms. The van der Waals surface area contributed by atoms with Gasteiger partial charge < -0.3 is 9.47 Å². The normalized spacial score (nSPS) is 27.3. The Morgan fingerprint density at radius 1 is 1.38 bits per heavy atom. The first-order valence-corrected chi connectivity index (χ1v) is 7.61. The van der Waals surface area contributed by atoms with E-state index in [1.54, 1.807) is 7.11 Å². The van der Waals surface area contributed by atoms with Gasteiger partial charge in [-0.15, -0.1) is 0 Å². The number of aliphatic imine (C=N–C) groups is 1. The molecule has 2 aliphatic rings. The van der Waals surface area contributed by atoms with Gasteiger partial charge >= 0.3 is 0 Å². The largest absolute Gasteiger partial charge is 0.497 e. The number of hydrogen-bond donors (Lipinski definition) is 0. The molecule has 0 radical (unpaired) electrons. The van der Waals surface area contributed by atoms with E-state index in [9.17, 15) is 0 Å². The molecule has 3 nitrogen and oxygen atoms in total. The van der Waals surface area contributed by atoms with Gasteiger partial charge in [-0.25, -0.2) is 4.99 Å². The van der Waals surface area contributed by atoms with E-state index in [0.717, 1.165) is 18.1 Å². The summed E-state index contributed by atoms with van der Waals surface area (Å²) in [6, 6.07) is 6.55. The minimum Gasteiger partial charge on any atom is -0.497 e. The summed E-state index contributed by atoms with van der Waals surface area (Å²) < 4.78 is 11.3. The number of methoxy groups -OCH3 is 1. The maximum atomic E-state index is 5.96. The van der Waals surface area contributed by atoms with E-state index in [1.807, 2.05) is 6.07 Å². The molecular weight excluding hydrogens is 262 g/mol. The molecule has 0 saturated heterocycles. The molecule has 0 amide bonds. The molecule has 21 heavy (non-hydrogen) atoms. The van der Waals surface area contributed by atoms with Crippen LogP contribution in [0.15, 0.2) is 35.3 Å². The van der Waals surface area contributed by atoms with E-state index < -0.39 is 0 Å². The van der Waals surface area contributed by atoms with Crippen LogP contribution in [0.1, 0.15) is 31.9 Å². The summed E-state index contributed by atoms with van der Waals surface area (Å²) in [7, 11) is 1.70. The van der Waals surface area contributed by atoms with Crippen LogP contribution in [-0.2, 0) is 16.6 Å². The monoisotopic (exact) mass is 285 g/mol. The molecular formula is C18H23NO2. The van der Waals surface area contributed by atoms with Gasteiger partial charge in [0.05, 0.1) is 18.6 Å². The highest BCUT2D eigenvalue weighted by atomic mass is 16.5. The maximum absolute atomic E-state index is 5.96. The fourth-order valence-corrected chi connectivity index (χ4v) is 3.06. The molecule has 0 saturated carbocycles. The van der Waals surface area contributed by atoms with Crippen LogP contribution < -0.4 is 4.74 Å². The Morgan fingerprint density at radius 3 is 2.86 bits per heavy atom. The van der Waals surface area contributed by atoms with Gasteiger partial charge in [-0.05, 0) is 42.5 Å². The third-order valence-corrected chi connectivity index (χ3v) is 4.55. The Hall–Kier alpha value is -1.77. The minimum absolute atomic E-state index is 0.265. The second-order valence-electron chi connectivity index (χ2n) is 6.39. The van der Waals surface area contributed by atoms with Gasteiger partial charge in [-0.1, -0.05) is 32.1 Å². The van der Waals surface area contributed by atoms with Crippen LogP contribution in [0.5, 0.6) is 5.75 Å². The number of ether oxygens (including phenoxy) is 2. The van der Waals surface area contributed by atoms with Crippen molar-refractivity contribution in [3.05, 3.63) is 41.5 Å². The second-order valence-corrected chi connectivity index (χ2v) is 6.39. The van der Waals surface area contributed by atoms with Gasteiger partial charge in [-0.2, -0.15) is 0 Å². The Labute approximate surface area is 126 Å². The average Bonchev–Trinajstić information content (AvgIpc) is 2.98. The van der Waals surface area contributed by atoms with Gasteiger partial charge in [0, 0.05) is 0 Å². The first-order valence-electron chi connectivity index (χ1n) is 7.61. The minimum atomic E-state index is -0.286. The summed E-state index contributed by atoms with van der Waals surface area (Å²) in [5.74, 6) is 2.23. The van der Waals surface area contributed by atoms with Crippen LogP contribution in [0, 0.1) is 5.92 Å². The molecule has 1 heterocycles. The van der Waals surface area contributed by atoms with E-state index >= 15 is 0 Å². The Morgan fingerprint density at radius 2 is 2.19 bits per heavy atom. The Balaban J connectivity index is 2.04. The molecule has 0 N–H and O–H groups in total. The van der Waals surface area contributed by atoms with Crippen LogP contribution in [-0.4, -0.2) is 25.7 Å². The van der Waals surface area contributed by atoms with Gasteiger partial charge in [-0.3, -0.25) is 0 Å². The number of allylic oxidation sites excluding steroid dienone is 1. The van der Waals surface area contributed by atoms with Crippen LogP contribution in [0.2, 0.25) is 0 Å². The zero-order valence-electron chi connectivity index (χ0n) is 13.2. The van der Waals surface area contributed by atoms with Gasteiger partial charge in [0.2, 0.25) is 0 Å². The van der Waals surface area contributed by atoms with Crippen molar-refractivity contribution in [2.75, 3.05) is 13.7 Å². The standard InChI is InChI=1S/C18H23NO2/c1-12(2)16-11-21-17(19-16)18(3)9-5-6-13-7-8-14(20-4)10-15(13)18/h5,7-10,12,16H,6,11H2,1-4H3/t16-,18+/m1/s1. The smallest absolute Gasteiger partial charge is 0.198 e. The summed E-state index contributed by atoms with van der Waals surface area (Å²) in [4.78, 5) is 4.84. The van der Waals surface area contributed by atoms with Crippen molar-refractivity contribution in [2.24, 2.45) is 10.9 Å². The molecule has 0 spiro atoms. The lowest BCUT2D eigenvalue weighted by molar-refractivity contribution is 0.277. The highest BCUT2D eigenvalue weighted by Crippen LogP contribution is 2.38. The van der Waals surface area contributed by atoms with Gasteiger partial charge in [0.25, 0.3) is 0 Å². The van der Waals surface area contributed by atoms with Crippen molar-refractivity contribution < 1.29 is 9.47 Å². The summed E-state index contributed by atoms with van der Waals surface area (Å²) in [6.07, 6.45) is 5.38. The average molecular weight is 285 g/mol. The highest BCUT2D eigenvalue weighted by Gasteiger charge is 2.39. The molecule has 0 unspecified atom stereocenters. The number of fused-ring (bicyclic) bond motifs is 1. The summed E-state index contributed by atoms with van der Waals surface area (Å²) >= 11 is 0. The lowest BCUT2D eigenvalue weighted by atomic mass is 9.75. The highest BCUT2D eigenvalue weighted by molar-refractivity contribution is 5.92. The lowest BCUT2D eigenvalue weighted by Gasteiger charge is -2.31. The molecule has 1 aliphatic carbocycles. The van der Waals surface area contributed by atoms with Crippen molar-refractivity contribution in [1.82, 2.24) is 0 Å². The van der Waals surface area contributed by atoms with Crippen molar-refractivity contribution in [2.45, 2.75) is 38.6 Å². The first-order chi connectivity index (χ1) is 10.0. The summed E-state index contributed by atoms with van der Waals surface area (Å²) in [5, 5.41) is 0. The molecule has 1 aromatic rings. The predicted molar refractivity (Wildman–Crippen MR) is 85.2 cm³/mol. The SMILES string of the molecule is COc1ccc2c(c1)[C@@](C)(C1=N[C@@H](C(C)C)CO1)C=CC2. The lowest BCUT2D eigenvalue weighted by Crippen LogP contribution is -2.33. The molecule has 112 valence electrons. The van der Waals surface area contributed by atoms with Crippen molar-refractivity contribution in [3.63, 3.8) is 0 Å². The van der Waals surface area contributed by atoms with Crippen LogP contribution in [0.25, 0.3) is 0 Å². The maximum Gasteiger partial charge on any atom is 0.198 e. The number of benzene rings is 1. The number of nitrogens with zero attached hydrogens (tertiary/aromatic N) is 1. The quantitative estimate of drug-likeness (QED) is 0.796. The van der Waals surface area contributed by atoms with E-state index in [2.05, 4.69) is 45.1 Å². The molecule has 3 rings (SSSR count). The summed E-state index contributed by atoms with van der Waals surface area (Å²) in [5.41, 5.74) is 2.28. The fourth-order valence-electron chi connectivity index (χ4n) is 3.06. The molecule has 0 aromatic heterocycles. The van der Waals surface area contributed by atoms with Crippen LogP contribution in [0.3, 0.4) is 0 Å². The molecule has 0 fully saturated rings. The molecule has 3 heteroatoms. The second kappa shape index (κ2) is 5.21. The first kappa shape index (κ1) is 14.2. The van der Waals surface area contributed by atoms with E-state index in [0.29, 0.717) is 12.5 Å². The van der Waals surface area contributed by atoms with E-state index in [1.165, 1.54) is 11.1 Å². The van der Waals surface area contributed by atoms with E-state index in [-0.39, 0.29) is 11.5 Å². The summed E-state index contributed by atoms with van der Waals surface area (Å²) in [6.45, 7) is 7.26. The predicted octanol–water partition coefficient (Wildman–Crippen LogP) is 3.52. The Kier molecular flexibility index (Phi) is 3.52.